The molecule has 0 saturated heterocycles. The first-order valence-electron chi connectivity index (χ1n) is 26.8. The lowest BCUT2D eigenvalue weighted by Crippen LogP contribution is -2.45. The van der Waals surface area contributed by atoms with Crippen LogP contribution in [-0.2, 0) is 18.4 Å². The van der Waals surface area contributed by atoms with Crippen molar-refractivity contribution < 1.29 is 32.9 Å². The number of carbonyl (C=O) groups excluding carboxylic acids is 1. The lowest BCUT2D eigenvalue weighted by Gasteiger charge is -2.29. The van der Waals surface area contributed by atoms with Gasteiger partial charge in [0, 0.05) is 6.42 Å². The minimum absolute atomic E-state index is 0.00849. The number of aliphatic hydroxyl groups excluding tert-OH is 1. The smallest absolute Gasteiger partial charge is 0.268 e. The number of amides is 1. The molecule has 3 unspecified atom stereocenters. The van der Waals surface area contributed by atoms with Crippen molar-refractivity contribution >= 4 is 13.7 Å². The van der Waals surface area contributed by atoms with Gasteiger partial charge in [-0.2, -0.15) is 0 Å². The van der Waals surface area contributed by atoms with Gasteiger partial charge in [-0.25, -0.2) is 0 Å². The van der Waals surface area contributed by atoms with Gasteiger partial charge in [0.25, 0.3) is 7.82 Å². The maximum atomic E-state index is 12.9. The van der Waals surface area contributed by atoms with Crippen LogP contribution in [0.15, 0.2) is 72.9 Å². The Kier molecular flexibility index (Phi) is 45.5. The van der Waals surface area contributed by atoms with Crippen LogP contribution in [0, 0.1) is 0 Å². The summed E-state index contributed by atoms with van der Waals surface area (Å²) in [6.07, 6.45) is 64.0. The summed E-state index contributed by atoms with van der Waals surface area (Å²) in [5.41, 5.74) is 0. The Morgan fingerprint density at radius 2 is 0.954 bits per heavy atom. The molecule has 0 aliphatic heterocycles. The van der Waals surface area contributed by atoms with Crippen LogP contribution in [0.4, 0.5) is 0 Å². The minimum atomic E-state index is -4.60. The van der Waals surface area contributed by atoms with E-state index in [2.05, 4.69) is 79.9 Å². The van der Waals surface area contributed by atoms with Gasteiger partial charge in [0.15, 0.2) is 0 Å². The zero-order valence-corrected chi connectivity index (χ0v) is 43.8. The van der Waals surface area contributed by atoms with E-state index in [1.807, 2.05) is 27.2 Å². The van der Waals surface area contributed by atoms with E-state index < -0.39 is 26.6 Å². The van der Waals surface area contributed by atoms with E-state index >= 15 is 0 Å². The maximum Gasteiger partial charge on any atom is 0.268 e. The highest BCUT2D eigenvalue weighted by Gasteiger charge is 2.23. The number of allylic oxidation sites excluding steroid dienone is 11. The quantitative estimate of drug-likeness (QED) is 0.0272. The van der Waals surface area contributed by atoms with Gasteiger partial charge < -0.3 is 28.8 Å². The first kappa shape index (κ1) is 62.9. The number of likely N-dealkylation sites (N-methyl/N-ethyl adjacent to an activating group) is 1. The summed E-state index contributed by atoms with van der Waals surface area (Å²) in [4.78, 5) is 25.4. The molecule has 0 aromatic rings. The predicted molar refractivity (Wildman–Crippen MR) is 279 cm³/mol. The highest BCUT2D eigenvalue weighted by atomic mass is 31.2. The number of nitrogens with zero attached hydrogens (tertiary/aromatic N) is 1. The summed E-state index contributed by atoms with van der Waals surface area (Å²) >= 11 is 0. The van der Waals surface area contributed by atoms with Gasteiger partial charge in [-0.3, -0.25) is 9.36 Å². The normalized spacial score (nSPS) is 14.6. The third kappa shape index (κ3) is 49.7. The lowest BCUT2D eigenvalue weighted by atomic mass is 10.0. The number of unbranched alkanes of at least 4 members (excludes halogenated alkanes) is 25. The second kappa shape index (κ2) is 47.0. The summed E-state index contributed by atoms with van der Waals surface area (Å²) < 4.78 is 23.3. The number of nitrogens with one attached hydrogen (secondary N) is 1. The van der Waals surface area contributed by atoms with Crippen molar-refractivity contribution in [2.45, 2.75) is 238 Å². The van der Waals surface area contributed by atoms with Crippen LogP contribution in [0.3, 0.4) is 0 Å². The Bertz CT molecular complexity index is 1290. The number of rotatable bonds is 48. The highest BCUT2D eigenvalue weighted by molar-refractivity contribution is 7.45. The zero-order valence-electron chi connectivity index (χ0n) is 42.9. The zero-order chi connectivity index (χ0) is 47.8. The number of carbonyl (C=O) groups is 1. The number of phosphoric acid groups is 1. The van der Waals surface area contributed by atoms with E-state index in [4.69, 9.17) is 9.05 Å². The maximum absolute atomic E-state index is 12.9. The second-order valence-corrected chi connectivity index (χ2v) is 20.6. The standard InChI is InChI=1S/C56H103N2O6P/c1-6-8-10-12-14-16-18-20-22-24-25-26-27-28-29-30-31-32-33-34-36-38-40-42-44-46-48-50-56(60)57-54(53-64-65(61,62)63-52-51-58(3,4)5)55(59)49-47-45-43-41-39-37-35-23-21-19-17-15-13-11-9-7-2/h8,10,14,16,20,22,25-26,39,41,47,49,54-55,59H,6-7,9,11-13,15,17-19,21,23-24,27-38,40,42-46,48,50-53H2,1-5H3,(H-,57,60,61,62)/b10-8-,16-14-,22-20-,26-25-,41-39+,49-47+. The first-order chi connectivity index (χ1) is 31.5. The van der Waals surface area contributed by atoms with E-state index in [9.17, 15) is 19.4 Å². The van der Waals surface area contributed by atoms with E-state index in [-0.39, 0.29) is 12.5 Å². The van der Waals surface area contributed by atoms with E-state index in [1.54, 1.807) is 6.08 Å². The molecular weight excluding hydrogens is 828 g/mol. The Labute approximate surface area is 402 Å². The molecule has 0 aliphatic rings. The van der Waals surface area contributed by atoms with Crippen molar-refractivity contribution in [2.75, 3.05) is 40.9 Å². The SMILES string of the molecule is CC/C=C\C/C=C\C/C=C\C/C=C\CCCCCCCCCCCCCCCCC(=O)NC(COP(=O)([O-])OCC[N+](C)(C)C)C(O)/C=C/CC/C=C/CCCCCCCCCCCC. The average molecular weight is 931 g/mol. The molecule has 0 saturated carbocycles. The molecule has 0 aromatic heterocycles. The van der Waals surface area contributed by atoms with Crippen molar-refractivity contribution in [1.82, 2.24) is 5.32 Å². The molecule has 0 heterocycles. The van der Waals surface area contributed by atoms with Gasteiger partial charge in [0.2, 0.25) is 5.91 Å². The first-order valence-corrected chi connectivity index (χ1v) is 28.3. The molecule has 0 fully saturated rings. The van der Waals surface area contributed by atoms with Crippen LogP contribution in [0.5, 0.6) is 0 Å². The van der Waals surface area contributed by atoms with Gasteiger partial charge in [-0.1, -0.05) is 222 Å². The van der Waals surface area contributed by atoms with E-state index in [0.717, 1.165) is 64.2 Å². The molecule has 0 aliphatic carbocycles. The second-order valence-electron chi connectivity index (χ2n) is 19.2. The number of hydrogen-bond acceptors (Lipinski definition) is 6. The third-order valence-electron chi connectivity index (χ3n) is 11.7. The largest absolute Gasteiger partial charge is 0.756 e. The number of quaternary nitrogens is 1. The third-order valence-corrected chi connectivity index (χ3v) is 12.6. The Hall–Kier alpha value is -2.06. The van der Waals surface area contributed by atoms with Crippen LogP contribution in [-0.4, -0.2) is 68.5 Å². The van der Waals surface area contributed by atoms with Gasteiger partial charge in [0.05, 0.1) is 39.9 Å². The fourth-order valence-electron chi connectivity index (χ4n) is 7.45. The summed E-state index contributed by atoms with van der Waals surface area (Å²) in [5, 5.41) is 13.8. The summed E-state index contributed by atoms with van der Waals surface area (Å²) in [5.74, 6) is -0.210. The molecule has 9 heteroatoms. The average Bonchev–Trinajstić information content (AvgIpc) is 3.26. The van der Waals surface area contributed by atoms with Gasteiger partial charge in [-0.05, 0) is 70.6 Å². The Morgan fingerprint density at radius 3 is 1.43 bits per heavy atom. The summed E-state index contributed by atoms with van der Waals surface area (Å²) in [6.45, 7) is 4.52. The van der Waals surface area contributed by atoms with Crippen LogP contribution < -0.4 is 10.2 Å². The van der Waals surface area contributed by atoms with Crippen LogP contribution in [0.1, 0.15) is 226 Å². The van der Waals surface area contributed by atoms with Gasteiger partial charge in [-0.15, -0.1) is 0 Å². The molecule has 0 bridgehead atoms. The summed E-state index contributed by atoms with van der Waals surface area (Å²) in [7, 11) is 1.24. The van der Waals surface area contributed by atoms with Crippen molar-refractivity contribution in [3.05, 3.63) is 72.9 Å². The highest BCUT2D eigenvalue weighted by Crippen LogP contribution is 2.38. The fraction of sp³-hybridized carbons (Fsp3) is 0.768. The molecule has 0 radical (unpaired) electrons. The molecule has 65 heavy (non-hydrogen) atoms. The van der Waals surface area contributed by atoms with Crippen LogP contribution in [0.2, 0.25) is 0 Å². The van der Waals surface area contributed by atoms with Gasteiger partial charge in [0.1, 0.15) is 13.2 Å². The van der Waals surface area contributed by atoms with E-state index in [1.165, 1.54) is 141 Å². The lowest BCUT2D eigenvalue weighted by molar-refractivity contribution is -0.870. The van der Waals surface area contributed by atoms with Crippen molar-refractivity contribution in [3.8, 4) is 0 Å². The molecule has 0 aromatic carbocycles. The van der Waals surface area contributed by atoms with Gasteiger partial charge >= 0.3 is 0 Å². The molecule has 8 nitrogen and oxygen atoms in total. The Morgan fingerprint density at radius 1 is 0.554 bits per heavy atom. The molecule has 0 rings (SSSR count). The molecule has 1 amide bonds. The van der Waals surface area contributed by atoms with Crippen LogP contribution >= 0.6 is 7.82 Å². The molecule has 0 spiro atoms. The van der Waals surface area contributed by atoms with Crippen molar-refractivity contribution in [3.63, 3.8) is 0 Å². The molecule has 3 atom stereocenters. The molecule has 2 N–H and O–H groups in total. The Balaban J connectivity index is 4.24. The van der Waals surface area contributed by atoms with Crippen molar-refractivity contribution in [2.24, 2.45) is 0 Å². The van der Waals surface area contributed by atoms with Crippen molar-refractivity contribution in [1.29, 1.82) is 0 Å². The van der Waals surface area contributed by atoms with Crippen LogP contribution in [0.25, 0.3) is 0 Å². The number of hydrogen-bond donors (Lipinski definition) is 2. The molecular formula is C56H103N2O6P. The van der Waals surface area contributed by atoms with E-state index in [0.29, 0.717) is 17.4 Å². The summed E-state index contributed by atoms with van der Waals surface area (Å²) in [6, 6.07) is -0.906. The monoisotopic (exact) mass is 931 g/mol. The number of phosphoric ester groups is 1. The number of aliphatic hydroxyl groups is 1. The topological polar surface area (TPSA) is 108 Å². The predicted octanol–water partition coefficient (Wildman–Crippen LogP) is 15.3. The minimum Gasteiger partial charge on any atom is -0.756 e. The fourth-order valence-corrected chi connectivity index (χ4v) is 8.18. The molecule has 378 valence electrons.